The number of nitrogens with zero attached hydrogens (tertiary/aromatic N) is 3. The molecule has 0 spiro atoms. The van der Waals surface area contributed by atoms with E-state index in [0.29, 0.717) is 18.5 Å². The van der Waals surface area contributed by atoms with Crippen molar-refractivity contribution in [2.45, 2.75) is 30.0 Å². The molecular formula is C20H18F3N3O2S. The van der Waals surface area contributed by atoms with Crippen LogP contribution in [0.3, 0.4) is 0 Å². The second kappa shape index (κ2) is 7.31. The predicted octanol–water partition coefficient (Wildman–Crippen LogP) is 4.42. The number of halogens is 3. The molecule has 1 aromatic heterocycles. The summed E-state index contributed by atoms with van der Waals surface area (Å²) in [6.07, 6.45) is -1.11. The lowest BCUT2D eigenvalue weighted by Crippen LogP contribution is -2.31. The minimum absolute atomic E-state index is 0.0171. The molecule has 1 fully saturated rings. The third kappa shape index (κ3) is 3.67. The van der Waals surface area contributed by atoms with Crippen LogP contribution in [0.4, 0.5) is 13.2 Å². The fourth-order valence-corrected chi connectivity index (χ4v) is 5.29. The second-order valence-electron chi connectivity index (χ2n) is 6.81. The number of sulfonamides is 1. The van der Waals surface area contributed by atoms with Gasteiger partial charge in [0.15, 0.2) is 0 Å². The van der Waals surface area contributed by atoms with Crippen molar-refractivity contribution in [3.05, 3.63) is 78.1 Å². The molecule has 1 saturated heterocycles. The lowest BCUT2D eigenvalue weighted by Gasteiger charge is -2.26. The highest BCUT2D eigenvalue weighted by Gasteiger charge is 2.42. The van der Waals surface area contributed by atoms with Gasteiger partial charge in [0.25, 0.3) is 0 Å². The highest BCUT2D eigenvalue weighted by Crippen LogP contribution is 2.42. The van der Waals surface area contributed by atoms with Crippen molar-refractivity contribution in [1.29, 1.82) is 0 Å². The molecule has 152 valence electrons. The summed E-state index contributed by atoms with van der Waals surface area (Å²) < 4.78 is 69.4. The molecule has 1 aliphatic heterocycles. The number of aromatic nitrogens is 2. The molecule has 0 bridgehead atoms. The Morgan fingerprint density at radius 1 is 1.00 bits per heavy atom. The molecule has 0 radical (unpaired) electrons. The molecule has 1 unspecified atom stereocenters. The molecule has 3 aromatic rings. The zero-order valence-corrected chi connectivity index (χ0v) is 16.1. The fraction of sp³-hybridized carbons (Fsp3) is 0.250. The Kier molecular flexibility index (Phi) is 4.95. The molecule has 0 amide bonds. The van der Waals surface area contributed by atoms with Crippen LogP contribution in [0.25, 0.3) is 5.69 Å². The van der Waals surface area contributed by atoms with Crippen LogP contribution in [0.2, 0.25) is 0 Å². The average Bonchev–Trinajstić information content (AvgIpc) is 3.38. The van der Waals surface area contributed by atoms with E-state index in [2.05, 4.69) is 5.10 Å². The number of alkyl halides is 3. The van der Waals surface area contributed by atoms with Gasteiger partial charge in [0, 0.05) is 6.54 Å². The number of hydrogen-bond donors (Lipinski definition) is 0. The Morgan fingerprint density at radius 3 is 2.41 bits per heavy atom. The molecular weight excluding hydrogens is 403 g/mol. The molecule has 4 rings (SSSR count). The first-order valence-electron chi connectivity index (χ1n) is 9.06. The van der Waals surface area contributed by atoms with Crippen LogP contribution in [-0.4, -0.2) is 29.0 Å². The van der Waals surface area contributed by atoms with Crippen LogP contribution in [-0.2, 0) is 16.2 Å². The Labute approximate surface area is 166 Å². The molecule has 1 aliphatic rings. The summed E-state index contributed by atoms with van der Waals surface area (Å²) in [6.45, 7) is 0.162. The molecule has 0 aliphatic carbocycles. The van der Waals surface area contributed by atoms with Crippen molar-refractivity contribution in [1.82, 2.24) is 14.1 Å². The fourth-order valence-electron chi connectivity index (χ4n) is 3.68. The normalized spacial score (nSPS) is 18.2. The highest BCUT2D eigenvalue weighted by atomic mass is 32.2. The van der Waals surface area contributed by atoms with Gasteiger partial charge in [-0.2, -0.15) is 22.6 Å². The lowest BCUT2D eigenvalue weighted by molar-refractivity contribution is -0.138. The van der Waals surface area contributed by atoms with E-state index in [1.165, 1.54) is 35.3 Å². The summed E-state index contributed by atoms with van der Waals surface area (Å²) in [5, 5.41) is 4.11. The SMILES string of the molecule is O=S(=O)(c1cnn(-c2ccccc2)c1)N1CCCC1c1ccccc1C(F)(F)F. The van der Waals surface area contributed by atoms with Crippen LogP contribution in [0.5, 0.6) is 0 Å². The molecule has 5 nitrogen and oxygen atoms in total. The Hall–Kier alpha value is -2.65. The predicted molar refractivity (Wildman–Crippen MR) is 101 cm³/mol. The number of para-hydroxylation sites is 1. The van der Waals surface area contributed by atoms with Crippen molar-refractivity contribution >= 4 is 10.0 Å². The maximum atomic E-state index is 13.5. The van der Waals surface area contributed by atoms with Gasteiger partial charge in [-0.25, -0.2) is 13.1 Å². The summed E-state index contributed by atoms with van der Waals surface area (Å²) in [7, 11) is -4.00. The average molecular weight is 421 g/mol. The van der Waals surface area contributed by atoms with Crippen molar-refractivity contribution in [3.63, 3.8) is 0 Å². The van der Waals surface area contributed by atoms with Gasteiger partial charge in [-0.15, -0.1) is 0 Å². The number of hydrogen-bond acceptors (Lipinski definition) is 3. The third-order valence-corrected chi connectivity index (χ3v) is 6.88. The van der Waals surface area contributed by atoms with Crippen molar-refractivity contribution in [2.75, 3.05) is 6.54 Å². The van der Waals surface area contributed by atoms with Gasteiger partial charge in [-0.05, 0) is 36.6 Å². The van der Waals surface area contributed by atoms with Crippen LogP contribution in [0, 0.1) is 0 Å². The van der Waals surface area contributed by atoms with Crippen molar-refractivity contribution < 1.29 is 21.6 Å². The molecule has 1 atom stereocenters. The van der Waals surface area contributed by atoms with E-state index in [0.717, 1.165) is 10.4 Å². The van der Waals surface area contributed by atoms with Crippen LogP contribution in [0.1, 0.15) is 30.0 Å². The topological polar surface area (TPSA) is 55.2 Å². The quantitative estimate of drug-likeness (QED) is 0.627. The molecule has 2 heterocycles. The lowest BCUT2D eigenvalue weighted by atomic mass is 9.99. The van der Waals surface area contributed by atoms with E-state index in [1.54, 1.807) is 24.3 Å². The summed E-state index contributed by atoms with van der Waals surface area (Å²) in [6, 6.07) is 13.3. The number of rotatable bonds is 4. The van der Waals surface area contributed by atoms with Gasteiger partial charge in [0.2, 0.25) is 10.0 Å². The first kappa shape index (κ1) is 19.7. The van der Waals surface area contributed by atoms with E-state index in [1.807, 2.05) is 6.07 Å². The smallest absolute Gasteiger partial charge is 0.240 e. The molecule has 2 aromatic carbocycles. The minimum Gasteiger partial charge on any atom is -0.240 e. The van der Waals surface area contributed by atoms with Gasteiger partial charge < -0.3 is 0 Å². The molecule has 0 N–H and O–H groups in total. The van der Waals surface area contributed by atoms with Crippen LogP contribution >= 0.6 is 0 Å². The molecule has 9 heteroatoms. The molecule has 0 saturated carbocycles. The van der Waals surface area contributed by atoms with Crippen molar-refractivity contribution in [2.24, 2.45) is 0 Å². The van der Waals surface area contributed by atoms with Gasteiger partial charge in [-0.1, -0.05) is 36.4 Å². The van der Waals surface area contributed by atoms with Crippen LogP contribution < -0.4 is 0 Å². The summed E-state index contributed by atoms with van der Waals surface area (Å²) >= 11 is 0. The Bertz CT molecular complexity index is 1110. The van der Waals surface area contributed by atoms with Gasteiger partial charge in [0.1, 0.15) is 4.90 Å². The second-order valence-corrected chi connectivity index (χ2v) is 8.71. The van der Waals surface area contributed by atoms with Crippen LogP contribution in [0.15, 0.2) is 71.9 Å². The zero-order chi connectivity index (χ0) is 20.6. The van der Waals surface area contributed by atoms with E-state index >= 15 is 0 Å². The first-order valence-corrected chi connectivity index (χ1v) is 10.5. The van der Waals surface area contributed by atoms with E-state index < -0.39 is 27.8 Å². The Balaban J connectivity index is 1.70. The molecule has 29 heavy (non-hydrogen) atoms. The van der Waals surface area contributed by atoms with E-state index in [-0.39, 0.29) is 17.0 Å². The summed E-state index contributed by atoms with van der Waals surface area (Å²) in [5.41, 5.74) is -0.127. The summed E-state index contributed by atoms with van der Waals surface area (Å²) in [4.78, 5) is -0.0438. The number of benzene rings is 2. The minimum atomic E-state index is -4.55. The van der Waals surface area contributed by atoms with Crippen molar-refractivity contribution in [3.8, 4) is 5.69 Å². The van der Waals surface area contributed by atoms with E-state index in [4.69, 9.17) is 0 Å². The Morgan fingerprint density at radius 2 is 1.69 bits per heavy atom. The highest BCUT2D eigenvalue weighted by molar-refractivity contribution is 7.89. The zero-order valence-electron chi connectivity index (χ0n) is 15.2. The monoisotopic (exact) mass is 421 g/mol. The summed E-state index contributed by atoms with van der Waals surface area (Å²) in [5.74, 6) is 0. The van der Waals surface area contributed by atoms with Gasteiger partial charge >= 0.3 is 6.18 Å². The van der Waals surface area contributed by atoms with E-state index in [9.17, 15) is 21.6 Å². The largest absolute Gasteiger partial charge is 0.416 e. The standard InChI is InChI=1S/C20H18F3N3O2S/c21-20(22,23)18-10-5-4-9-17(18)19-11-6-12-26(19)29(27,28)16-13-24-25(14-16)15-7-2-1-3-8-15/h1-5,7-10,13-14,19H,6,11-12H2. The van der Waals surface area contributed by atoms with Gasteiger partial charge in [-0.3, -0.25) is 0 Å². The first-order chi connectivity index (χ1) is 13.8. The maximum Gasteiger partial charge on any atom is 0.416 e. The maximum absolute atomic E-state index is 13.5. The van der Waals surface area contributed by atoms with Gasteiger partial charge in [0.05, 0.1) is 29.7 Å². The third-order valence-electron chi connectivity index (χ3n) is 5.02.